The lowest BCUT2D eigenvalue weighted by Crippen LogP contribution is -2.37. The van der Waals surface area contributed by atoms with Crippen LogP contribution in [-0.2, 0) is 0 Å². The minimum Gasteiger partial charge on any atom is -0.339 e. The van der Waals surface area contributed by atoms with Gasteiger partial charge in [0.1, 0.15) is 10.0 Å². The molecule has 2 aliphatic rings. The van der Waals surface area contributed by atoms with Crippen LogP contribution < -0.4 is 0 Å². The first kappa shape index (κ1) is 13.9. The average Bonchev–Trinajstić information content (AvgIpc) is 3.32. The Kier molecular flexibility index (Phi) is 3.66. The number of likely N-dealkylation sites (tertiary alicyclic amines) is 1. The van der Waals surface area contributed by atoms with Gasteiger partial charge in [-0.3, -0.25) is 4.79 Å². The number of carbonyl (C=O) groups is 1. The fourth-order valence-electron chi connectivity index (χ4n) is 3.00. The molecule has 1 aromatic heterocycles. The number of hydrogen-bond donors (Lipinski definition) is 0. The molecule has 114 valence electrons. The second kappa shape index (κ2) is 5.80. The molecular formula is C17H19N3OS. The van der Waals surface area contributed by atoms with E-state index < -0.39 is 0 Å². The van der Waals surface area contributed by atoms with Crippen molar-refractivity contribution >= 4 is 17.2 Å². The first-order chi connectivity index (χ1) is 10.8. The van der Waals surface area contributed by atoms with Crippen LogP contribution in [0.15, 0.2) is 30.3 Å². The van der Waals surface area contributed by atoms with E-state index in [1.54, 1.807) is 11.3 Å². The van der Waals surface area contributed by atoms with Crippen LogP contribution in [0, 0.1) is 0 Å². The lowest BCUT2D eigenvalue weighted by atomic mass is 9.97. The zero-order valence-electron chi connectivity index (χ0n) is 12.4. The second-order valence-electron chi connectivity index (χ2n) is 6.19. The van der Waals surface area contributed by atoms with Crippen LogP contribution in [0.5, 0.6) is 0 Å². The van der Waals surface area contributed by atoms with Crippen molar-refractivity contribution in [3.05, 3.63) is 45.9 Å². The maximum atomic E-state index is 12.4. The lowest BCUT2D eigenvalue weighted by Gasteiger charge is -2.31. The summed E-state index contributed by atoms with van der Waals surface area (Å²) >= 11 is 1.79. The zero-order valence-corrected chi connectivity index (χ0v) is 13.3. The maximum absolute atomic E-state index is 12.4. The summed E-state index contributed by atoms with van der Waals surface area (Å²) in [5, 5.41) is 11.1. The first-order valence-corrected chi connectivity index (χ1v) is 8.80. The lowest BCUT2D eigenvalue weighted by molar-refractivity contribution is 0.0713. The molecule has 2 fully saturated rings. The number of hydrogen-bond acceptors (Lipinski definition) is 4. The van der Waals surface area contributed by atoms with Gasteiger partial charge in [0, 0.05) is 30.5 Å². The molecule has 5 heteroatoms. The largest absolute Gasteiger partial charge is 0.339 e. The predicted octanol–water partition coefficient (Wildman–Crippen LogP) is 3.44. The Morgan fingerprint density at radius 2 is 1.55 bits per heavy atom. The molecule has 22 heavy (non-hydrogen) atoms. The predicted molar refractivity (Wildman–Crippen MR) is 86.2 cm³/mol. The molecule has 1 amide bonds. The molecule has 4 rings (SSSR count). The summed E-state index contributed by atoms with van der Waals surface area (Å²) < 4.78 is 0. The number of benzene rings is 1. The van der Waals surface area contributed by atoms with Crippen LogP contribution in [0.3, 0.4) is 0 Å². The zero-order chi connectivity index (χ0) is 14.9. The smallest absolute Gasteiger partial charge is 0.253 e. The van der Waals surface area contributed by atoms with Gasteiger partial charge in [-0.1, -0.05) is 18.2 Å². The quantitative estimate of drug-likeness (QED) is 0.872. The molecule has 0 spiro atoms. The van der Waals surface area contributed by atoms with Crippen molar-refractivity contribution in [1.82, 2.24) is 15.1 Å². The van der Waals surface area contributed by atoms with Crippen molar-refractivity contribution in [2.24, 2.45) is 0 Å². The van der Waals surface area contributed by atoms with E-state index in [1.807, 2.05) is 35.2 Å². The summed E-state index contributed by atoms with van der Waals surface area (Å²) in [7, 11) is 0. The molecule has 1 saturated carbocycles. The average molecular weight is 313 g/mol. The molecule has 0 radical (unpaired) electrons. The van der Waals surface area contributed by atoms with Crippen molar-refractivity contribution in [2.75, 3.05) is 13.1 Å². The summed E-state index contributed by atoms with van der Waals surface area (Å²) in [6.45, 7) is 1.63. The van der Waals surface area contributed by atoms with Gasteiger partial charge in [-0.05, 0) is 37.8 Å². The number of aromatic nitrogens is 2. The van der Waals surface area contributed by atoms with E-state index in [0.29, 0.717) is 11.8 Å². The normalized spacial score (nSPS) is 19.4. The topological polar surface area (TPSA) is 46.1 Å². The van der Waals surface area contributed by atoms with Gasteiger partial charge in [-0.15, -0.1) is 21.5 Å². The molecule has 1 aliphatic carbocycles. The van der Waals surface area contributed by atoms with E-state index in [2.05, 4.69) is 10.2 Å². The summed E-state index contributed by atoms with van der Waals surface area (Å²) in [5.41, 5.74) is 0.785. The highest BCUT2D eigenvalue weighted by Gasteiger charge is 2.30. The molecule has 2 heterocycles. The monoisotopic (exact) mass is 313 g/mol. The molecule has 1 aromatic carbocycles. The molecule has 1 aliphatic heterocycles. The van der Waals surface area contributed by atoms with Gasteiger partial charge in [-0.25, -0.2) is 0 Å². The maximum Gasteiger partial charge on any atom is 0.253 e. The molecule has 2 aromatic rings. The Morgan fingerprint density at radius 3 is 2.14 bits per heavy atom. The fourth-order valence-corrected chi connectivity index (χ4v) is 4.18. The van der Waals surface area contributed by atoms with Crippen LogP contribution in [-0.4, -0.2) is 34.1 Å². The van der Waals surface area contributed by atoms with E-state index in [4.69, 9.17) is 0 Å². The van der Waals surface area contributed by atoms with Crippen LogP contribution in [0.25, 0.3) is 0 Å². The third kappa shape index (κ3) is 2.77. The standard InChI is InChI=1S/C17H19N3OS/c21-17(14-4-2-1-3-5-14)20-10-8-13(9-11-20)16-19-18-15(22-16)12-6-7-12/h1-5,12-13H,6-11H2. The Balaban J connectivity index is 1.38. The van der Waals surface area contributed by atoms with E-state index in [-0.39, 0.29) is 5.91 Å². The third-order valence-corrected chi connectivity index (χ3v) is 5.78. The fraction of sp³-hybridized carbons (Fsp3) is 0.471. The summed E-state index contributed by atoms with van der Waals surface area (Å²) in [4.78, 5) is 14.4. The number of piperidine rings is 1. The van der Waals surface area contributed by atoms with Crippen molar-refractivity contribution < 1.29 is 4.79 Å². The molecule has 0 atom stereocenters. The van der Waals surface area contributed by atoms with Crippen LogP contribution in [0.4, 0.5) is 0 Å². The van der Waals surface area contributed by atoms with Gasteiger partial charge in [-0.2, -0.15) is 0 Å². The van der Waals surface area contributed by atoms with Crippen molar-refractivity contribution in [3.8, 4) is 0 Å². The minimum absolute atomic E-state index is 0.148. The van der Waals surface area contributed by atoms with Crippen LogP contribution in [0.1, 0.15) is 57.9 Å². The molecule has 4 nitrogen and oxygen atoms in total. The van der Waals surface area contributed by atoms with Gasteiger partial charge in [0.15, 0.2) is 0 Å². The molecule has 0 N–H and O–H groups in total. The Bertz CT molecular complexity index is 658. The van der Waals surface area contributed by atoms with Gasteiger partial charge in [0.2, 0.25) is 0 Å². The molecule has 1 saturated heterocycles. The number of nitrogens with zero attached hydrogens (tertiary/aromatic N) is 3. The Hall–Kier alpha value is -1.75. The molecular weight excluding hydrogens is 294 g/mol. The Morgan fingerprint density at radius 1 is 0.955 bits per heavy atom. The molecule has 0 unspecified atom stereocenters. The highest BCUT2D eigenvalue weighted by Crippen LogP contribution is 2.43. The van der Waals surface area contributed by atoms with Crippen molar-refractivity contribution in [1.29, 1.82) is 0 Å². The highest BCUT2D eigenvalue weighted by atomic mass is 32.1. The summed E-state index contributed by atoms with van der Waals surface area (Å²) in [6, 6.07) is 9.55. The summed E-state index contributed by atoms with van der Waals surface area (Å²) in [5.74, 6) is 1.31. The van der Waals surface area contributed by atoms with Crippen LogP contribution in [0.2, 0.25) is 0 Å². The SMILES string of the molecule is O=C(c1ccccc1)N1CCC(c2nnc(C3CC3)s2)CC1. The van der Waals surface area contributed by atoms with Crippen molar-refractivity contribution in [2.45, 2.75) is 37.5 Å². The number of amides is 1. The third-order valence-electron chi connectivity index (χ3n) is 4.53. The van der Waals surface area contributed by atoms with Crippen molar-refractivity contribution in [3.63, 3.8) is 0 Å². The Labute approximate surface area is 134 Å². The van der Waals surface area contributed by atoms with E-state index >= 15 is 0 Å². The summed E-state index contributed by atoms with van der Waals surface area (Å²) in [6.07, 6.45) is 4.55. The molecule has 0 bridgehead atoms. The number of carbonyl (C=O) groups excluding carboxylic acids is 1. The van der Waals surface area contributed by atoms with Gasteiger partial charge in [0.05, 0.1) is 0 Å². The van der Waals surface area contributed by atoms with Gasteiger partial charge < -0.3 is 4.90 Å². The number of rotatable bonds is 3. The van der Waals surface area contributed by atoms with Crippen LogP contribution >= 0.6 is 11.3 Å². The van der Waals surface area contributed by atoms with E-state index in [1.165, 1.54) is 22.9 Å². The highest BCUT2D eigenvalue weighted by molar-refractivity contribution is 7.11. The minimum atomic E-state index is 0.148. The van der Waals surface area contributed by atoms with E-state index in [0.717, 1.165) is 31.5 Å². The van der Waals surface area contributed by atoms with Gasteiger partial charge in [0.25, 0.3) is 5.91 Å². The van der Waals surface area contributed by atoms with Gasteiger partial charge >= 0.3 is 0 Å². The first-order valence-electron chi connectivity index (χ1n) is 7.99. The second-order valence-corrected chi connectivity index (χ2v) is 7.23. The van der Waals surface area contributed by atoms with E-state index in [9.17, 15) is 4.79 Å².